The lowest BCUT2D eigenvalue weighted by molar-refractivity contribution is 0.148. The van der Waals surface area contributed by atoms with Crippen molar-refractivity contribution in [1.29, 1.82) is 0 Å². The van der Waals surface area contributed by atoms with Gasteiger partial charge >= 0.3 is 0 Å². The summed E-state index contributed by atoms with van der Waals surface area (Å²) in [6, 6.07) is 7.68. The number of benzene rings is 1. The highest BCUT2D eigenvalue weighted by atomic mass is 79.9. The molecule has 108 valence electrons. The van der Waals surface area contributed by atoms with Crippen LogP contribution in [0.3, 0.4) is 0 Å². The minimum Gasteiger partial charge on any atom is -0.301 e. The Morgan fingerprint density at radius 2 is 1.95 bits per heavy atom. The predicted molar refractivity (Wildman–Crippen MR) is 87.2 cm³/mol. The van der Waals surface area contributed by atoms with Crippen molar-refractivity contribution in [3.05, 3.63) is 28.4 Å². The molecule has 0 radical (unpaired) electrons. The largest absolute Gasteiger partial charge is 0.301 e. The molecule has 20 heavy (non-hydrogen) atoms. The van der Waals surface area contributed by atoms with Crippen molar-refractivity contribution >= 4 is 26.8 Å². The van der Waals surface area contributed by atoms with E-state index in [0.717, 1.165) is 10.2 Å². The van der Waals surface area contributed by atoms with E-state index in [-0.39, 0.29) is 0 Å². The minimum absolute atomic E-state index is 0.544. The second-order valence-corrected chi connectivity index (χ2v) is 6.97. The molecular weight excluding hydrogens is 314 g/mol. The molecule has 0 amide bonds. The van der Waals surface area contributed by atoms with E-state index in [9.17, 15) is 0 Å². The van der Waals surface area contributed by atoms with Gasteiger partial charge in [0.15, 0.2) is 0 Å². The third kappa shape index (κ3) is 2.51. The number of rotatable bonds is 2. The predicted octanol–water partition coefficient (Wildman–Crippen LogP) is 4.15. The first-order valence-electron chi connectivity index (χ1n) is 7.44. The SMILES string of the molecule is Cc1nn(C2CCN(C(C)C)CC2)c2ccc(Br)cc12. The van der Waals surface area contributed by atoms with Crippen molar-refractivity contribution < 1.29 is 0 Å². The zero-order valence-corrected chi connectivity index (χ0v) is 14.0. The summed E-state index contributed by atoms with van der Waals surface area (Å²) < 4.78 is 3.39. The topological polar surface area (TPSA) is 21.1 Å². The van der Waals surface area contributed by atoms with E-state index >= 15 is 0 Å². The molecule has 0 unspecified atom stereocenters. The first-order chi connectivity index (χ1) is 9.56. The van der Waals surface area contributed by atoms with Gasteiger partial charge < -0.3 is 4.90 Å². The van der Waals surface area contributed by atoms with Crippen molar-refractivity contribution in [1.82, 2.24) is 14.7 Å². The van der Waals surface area contributed by atoms with Gasteiger partial charge in [0.1, 0.15) is 0 Å². The molecule has 1 fully saturated rings. The van der Waals surface area contributed by atoms with Crippen LogP contribution in [0.1, 0.15) is 38.4 Å². The minimum atomic E-state index is 0.544. The van der Waals surface area contributed by atoms with Crippen LogP contribution in [0.25, 0.3) is 10.9 Å². The average Bonchev–Trinajstić information content (AvgIpc) is 2.76. The molecule has 2 heterocycles. The van der Waals surface area contributed by atoms with Crippen molar-refractivity contribution in [2.24, 2.45) is 0 Å². The number of likely N-dealkylation sites (tertiary alicyclic amines) is 1. The Morgan fingerprint density at radius 3 is 2.60 bits per heavy atom. The first-order valence-corrected chi connectivity index (χ1v) is 8.24. The van der Waals surface area contributed by atoms with Crippen LogP contribution in [0.15, 0.2) is 22.7 Å². The van der Waals surface area contributed by atoms with Gasteiger partial charge in [-0.25, -0.2) is 0 Å². The van der Waals surface area contributed by atoms with Crippen LogP contribution in [0.4, 0.5) is 0 Å². The Hall–Kier alpha value is -0.870. The third-order valence-electron chi connectivity index (χ3n) is 4.43. The smallest absolute Gasteiger partial charge is 0.0689 e. The summed E-state index contributed by atoms with van der Waals surface area (Å²) in [6.07, 6.45) is 2.40. The third-order valence-corrected chi connectivity index (χ3v) is 4.92. The van der Waals surface area contributed by atoms with Crippen molar-refractivity contribution in [2.75, 3.05) is 13.1 Å². The molecule has 0 N–H and O–H groups in total. The number of nitrogens with zero attached hydrogens (tertiary/aromatic N) is 3. The highest BCUT2D eigenvalue weighted by Crippen LogP contribution is 2.30. The highest BCUT2D eigenvalue weighted by molar-refractivity contribution is 9.10. The maximum atomic E-state index is 4.80. The molecule has 2 aromatic rings. The molecule has 1 aromatic carbocycles. The van der Waals surface area contributed by atoms with Gasteiger partial charge in [-0.05, 0) is 51.8 Å². The van der Waals surface area contributed by atoms with Crippen molar-refractivity contribution in [2.45, 2.75) is 45.7 Å². The molecule has 0 aliphatic carbocycles. The normalized spacial score (nSPS) is 18.2. The Balaban J connectivity index is 1.88. The second-order valence-electron chi connectivity index (χ2n) is 6.05. The fourth-order valence-electron chi connectivity index (χ4n) is 3.19. The van der Waals surface area contributed by atoms with Crippen LogP contribution in [-0.2, 0) is 0 Å². The molecule has 0 atom stereocenters. The highest BCUT2D eigenvalue weighted by Gasteiger charge is 2.24. The van der Waals surface area contributed by atoms with Gasteiger partial charge in [-0.2, -0.15) is 5.10 Å². The average molecular weight is 336 g/mol. The molecule has 1 aliphatic rings. The quantitative estimate of drug-likeness (QED) is 0.821. The number of halogens is 1. The van der Waals surface area contributed by atoms with Gasteiger partial charge in [-0.3, -0.25) is 4.68 Å². The van der Waals surface area contributed by atoms with Gasteiger partial charge in [-0.15, -0.1) is 0 Å². The van der Waals surface area contributed by atoms with E-state index in [1.54, 1.807) is 0 Å². The first kappa shape index (κ1) is 14.1. The van der Waals surface area contributed by atoms with Gasteiger partial charge in [-0.1, -0.05) is 15.9 Å². The Kier molecular flexibility index (Phi) is 3.87. The zero-order valence-electron chi connectivity index (χ0n) is 12.4. The molecule has 3 nitrogen and oxygen atoms in total. The number of hydrogen-bond acceptors (Lipinski definition) is 2. The monoisotopic (exact) mass is 335 g/mol. The summed E-state index contributed by atoms with van der Waals surface area (Å²) in [5.74, 6) is 0. The van der Waals surface area contributed by atoms with Gasteiger partial charge in [0, 0.05) is 29.0 Å². The lowest BCUT2D eigenvalue weighted by Gasteiger charge is -2.34. The number of fused-ring (bicyclic) bond motifs is 1. The number of piperidine rings is 1. The van der Waals surface area contributed by atoms with Crippen LogP contribution in [-0.4, -0.2) is 33.8 Å². The Morgan fingerprint density at radius 1 is 1.25 bits per heavy atom. The zero-order chi connectivity index (χ0) is 14.3. The van der Waals surface area contributed by atoms with Crippen LogP contribution >= 0.6 is 15.9 Å². The molecule has 4 heteroatoms. The molecule has 3 rings (SSSR count). The molecule has 1 saturated heterocycles. The van der Waals surface area contributed by atoms with Crippen molar-refractivity contribution in [3.63, 3.8) is 0 Å². The summed E-state index contributed by atoms with van der Waals surface area (Å²) in [6.45, 7) is 9.03. The standard InChI is InChI=1S/C16H22BrN3/c1-11(2)19-8-6-14(7-9-19)20-16-5-4-13(17)10-15(16)12(3)18-20/h4-5,10-11,14H,6-9H2,1-3H3. The maximum absolute atomic E-state index is 4.80. The van der Waals surface area contributed by atoms with E-state index in [1.165, 1.54) is 36.8 Å². The van der Waals surface area contributed by atoms with Gasteiger partial charge in [0.2, 0.25) is 0 Å². The van der Waals surface area contributed by atoms with E-state index in [4.69, 9.17) is 5.10 Å². The van der Waals surface area contributed by atoms with Gasteiger partial charge in [0.05, 0.1) is 17.3 Å². The van der Waals surface area contributed by atoms with E-state index < -0.39 is 0 Å². The van der Waals surface area contributed by atoms with Crippen LogP contribution in [0, 0.1) is 6.92 Å². The maximum Gasteiger partial charge on any atom is 0.0689 e. The summed E-state index contributed by atoms with van der Waals surface area (Å²) in [7, 11) is 0. The Labute approximate surface area is 129 Å². The van der Waals surface area contributed by atoms with Crippen LogP contribution < -0.4 is 0 Å². The Bertz CT molecular complexity index is 609. The summed E-state index contributed by atoms with van der Waals surface area (Å²) in [5.41, 5.74) is 2.40. The van der Waals surface area contributed by atoms with E-state index in [0.29, 0.717) is 12.1 Å². The fourth-order valence-corrected chi connectivity index (χ4v) is 3.55. The lowest BCUT2D eigenvalue weighted by Crippen LogP contribution is -2.39. The molecule has 0 bridgehead atoms. The summed E-state index contributed by atoms with van der Waals surface area (Å²) >= 11 is 3.55. The lowest BCUT2D eigenvalue weighted by atomic mass is 10.0. The molecule has 0 spiro atoms. The molecule has 1 aromatic heterocycles. The van der Waals surface area contributed by atoms with E-state index in [1.807, 2.05) is 0 Å². The van der Waals surface area contributed by atoms with Gasteiger partial charge in [0.25, 0.3) is 0 Å². The number of aryl methyl sites for hydroxylation is 1. The number of aromatic nitrogens is 2. The second kappa shape index (κ2) is 5.49. The summed E-state index contributed by atoms with van der Waals surface area (Å²) in [5, 5.41) is 6.07. The van der Waals surface area contributed by atoms with Crippen LogP contribution in [0.5, 0.6) is 0 Å². The summed E-state index contributed by atoms with van der Waals surface area (Å²) in [4.78, 5) is 2.56. The molecule has 0 saturated carbocycles. The molecular formula is C16H22BrN3. The number of hydrogen-bond donors (Lipinski definition) is 0. The van der Waals surface area contributed by atoms with Crippen LogP contribution in [0.2, 0.25) is 0 Å². The molecule has 1 aliphatic heterocycles. The van der Waals surface area contributed by atoms with E-state index in [2.05, 4.69) is 64.5 Å². The fraction of sp³-hybridized carbons (Fsp3) is 0.562. The van der Waals surface area contributed by atoms with Crippen molar-refractivity contribution in [3.8, 4) is 0 Å².